The highest BCUT2D eigenvalue weighted by atomic mass is 19.4. The summed E-state index contributed by atoms with van der Waals surface area (Å²) in [6, 6.07) is 5.06. The molecular weight excluding hydrogens is 293 g/mol. The van der Waals surface area contributed by atoms with Gasteiger partial charge in [0.25, 0.3) is 0 Å². The highest BCUT2D eigenvalue weighted by Crippen LogP contribution is 2.30. The van der Waals surface area contributed by atoms with E-state index in [9.17, 15) is 18.0 Å². The third kappa shape index (κ3) is 6.16. The monoisotopic (exact) mass is 312 g/mol. The van der Waals surface area contributed by atoms with E-state index in [0.717, 1.165) is 25.0 Å². The number of carbonyl (C=O) groups excluding carboxylic acids is 1. The molecule has 0 N–H and O–H groups in total. The van der Waals surface area contributed by atoms with Crippen LogP contribution in [0.3, 0.4) is 0 Å². The van der Waals surface area contributed by atoms with E-state index < -0.39 is 17.7 Å². The smallest absolute Gasteiger partial charge is 0.416 e. The lowest BCUT2D eigenvalue weighted by Gasteiger charge is -2.08. The number of carbonyl (C=O) groups is 1. The minimum absolute atomic E-state index is 0.371. The van der Waals surface area contributed by atoms with Gasteiger partial charge in [-0.15, -0.1) is 0 Å². The van der Waals surface area contributed by atoms with E-state index >= 15 is 0 Å². The van der Waals surface area contributed by atoms with Crippen LogP contribution >= 0.6 is 0 Å². The van der Waals surface area contributed by atoms with E-state index in [-0.39, 0.29) is 0 Å². The lowest BCUT2D eigenvalue weighted by molar-refractivity contribution is -0.138. The van der Waals surface area contributed by atoms with E-state index in [1.54, 1.807) is 19.1 Å². The number of halogens is 3. The second kappa shape index (κ2) is 8.41. The Morgan fingerprint density at radius 2 is 2.05 bits per heavy atom. The van der Waals surface area contributed by atoms with Gasteiger partial charge >= 0.3 is 12.1 Å². The highest BCUT2D eigenvalue weighted by Gasteiger charge is 2.30. The second-order valence-electron chi connectivity index (χ2n) is 4.81. The Morgan fingerprint density at radius 1 is 1.32 bits per heavy atom. The molecule has 0 unspecified atom stereocenters. The molecule has 0 bridgehead atoms. The lowest BCUT2D eigenvalue weighted by atomic mass is 10.0. The number of benzene rings is 1. The Balaban J connectivity index is 2.71. The molecule has 0 saturated heterocycles. The molecule has 1 aromatic rings. The molecule has 0 aromatic heterocycles. The summed E-state index contributed by atoms with van der Waals surface area (Å²) in [5, 5.41) is 0. The van der Waals surface area contributed by atoms with Crippen molar-refractivity contribution in [3.05, 3.63) is 53.6 Å². The predicted molar refractivity (Wildman–Crippen MR) is 80.1 cm³/mol. The molecule has 0 heterocycles. The Bertz CT molecular complexity index is 557. The van der Waals surface area contributed by atoms with Crippen molar-refractivity contribution in [2.45, 2.75) is 32.9 Å². The maximum Gasteiger partial charge on any atom is 0.416 e. The summed E-state index contributed by atoms with van der Waals surface area (Å²) >= 11 is 0. The van der Waals surface area contributed by atoms with E-state index in [2.05, 4.69) is 0 Å². The average Bonchev–Trinajstić information content (AvgIpc) is 2.46. The molecule has 0 aliphatic carbocycles. The fraction of sp³-hybridized carbons (Fsp3) is 0.353. The molecule has 2 nitrogen and oxygen atoms in total. The van der Waals surface area contributed by atoms with Crippen LogP contribution in [0, 0.1) is 0 Å². The van der Waals surface area contributed by atoms with E-state index in [1.165, 1.54) is 18.2 Å². The van der Waals surface area contributed by atoms with E-state index in [4.69, 9.17) is 4.74 Å². The van der Waals surface area contributed by atoms with Crippen LogP contribution in [0.4, 0.5) is 13.2 Å². The van der Waals surface area contributed by atoms with Gasteiger partial charge in [0.2, 0.25) is 0 Å². The van der Waals surface area contributed by atoms with Gasteiger partial charge in [0.05, 0.1) is 12.2 Å². The average molecular weight is 312 g/mol. The van der Waals surface area contributed by atoms with Crippen molar-refractivity contribution in [1.82, 2.24) is 0 Å². The van der Waals surface area contributed by atoms with E-state index in [1.807, 2.05) is 6.92 Å². The summed E-state index contributed by atoms with van der Waals surface area (Å²) in [6.45, 7) is 4.04. The molecule has 5 heteroatoms. The van der Waals surface area contributed by atoms with Gasteiger partial charge in [-0.05, 0) is 36.6 Å². The molecule has 0 fully saturated rings. The Labute approximate surface area is 128 Å². The minimum Gasteiger partial charge on any atom is -0.463 e. The van der Waals surface area contributed by atoms with Crippen molar-refractivity contribution in [1.29, 1.82) is 0 Å². The van der Waals surface area contributed by atoms with Crippen LogP contribution in [-0.4, -0.2) is 12.6 Å². The second-order valence-corrected chi connectivity index (χ2v) is 4.81. The maximum absolute atomic E-state index is 12.6. The molecule has 22 heavy (non-hydrogen) atoms. The zero-order valence-corrected chi connectivity index (χ0v) is 12.6. The number of ether oxygens (including phenoxy) is 1. The van der Waals surface area contributed by atoms with Crippen LogP contribution in [0.2, 0.25) is 0 Å². The summed E-state index contributed by atoms with van der Waals surface area (Å²) in [5.74, 6) is -0.457. The number of unbranched alkanes of at least 4 members (excludes halogenated alkanes) is 1. The third-order valence-corrected chi connectivity index (χ3v) is 2.97. The number of allylic oxidation sites excluding steroid dienone is 3. The van der Waals surface area contributed by atoms with Gasteiger partial charge in [0.1, 0.15) is 0 Å². The third-order valence-electron chi connectivity index (χ3n) is 2.97. The van der Waals surface area contributed by atoms with Gasteiger partial charge in [-0.25, -0.2) is 4.79 Å². The van der Waals surface area contributed by atoms with Gasteiger partial charge < -0.3 is 4.74 Å². The summed E-state index contributed by atoms with van der Waals surface area (Å²) in [5.41, 5.74) is 0.392. The van der Waals surface area contributed by atoms with Crippen LogP contribution in [0.25, 0.3) is 5.57 Å². The van der Waals surface area contributed by atoms with Crippen molar-refractivity contribution in [2.24, 2.45) is 0 Å². The highest BCUT2D eigenvalue weighted by molar-refractivity contribution is 5.82. The van der Waals surface area contributed by atoms with Gasteiger partial charge in [-0.2, -0.15) is 13.2 Å². The summed E-state index contributed by atoms with van der Waals surface area (Å²) in [7, 11) is 0. The zero-order chi connectivity index (χ0) is 16.6. The van der Waals surface area contributed by atoms with Crippen LogP contribution in [-0.2, 0) is 15.7 Å². The molecule has 1 rings (SSSR count). The summed E-state index contributed by atoms with van der Waals surface area (Å²) in [6.07, 6.45) is 1.69. The van der Waals surface area contributed by atoms with Crippen molar-refractivity contribution >= 4 is 11.5 Å². The number of esters is 1. The molecule has 0 atom stereocenters. The first-order valence-electron chi connectivity index (χ1n) is 7.04. The van der Waals surface area contributed by atoms with Crippen molar-refractivity contribution in [3.63, 3.8) is 0 Å². The molecule has 0 spiro atoms. The van der Waals surface area contributed by atoms with Crippen molar-refractivity contribution in [3.8, 4) is 0 Å². The van der Waals surface area contributed by atoms with Gasteiger partial charge in [-0.1, -0.05) is 37.6 Å². The fourth-order valence-electron chi connectivity index (χ4n) is 1.67. The topological polar surface area (TPSA) is 26.3 Å². The molecule has 0 radical (unpaired) electrons. The number of rotatable bonds is 6. The SMILES string of the molecule is CCCCOC(=O)/C=C/C=C(\C)c1cccc(C(F)(F)F)c1. The van der Waals surface area contributed by atoms with Crippen molar-refractivity contribution < 1.29 is 22.7 Å². The Kier molecular flexibility index (Phi) is 6.89. The number of hydrogen-bond acceptors (Lipinski definition) is 2. The van der Waals surface area contributed by atoms with Crippen LogP contribution < -0.4 is 0 Å². The normalized spacial score (nSPS) is 12.7. The maximum atomic E-state index is 12.6. The van der Waals surface area contributed by atoms with Crippen molar-refractivity contribution in [2.75, 3.05) is 6.61 Å². The van der Waals surface area contributed by atoms with E-state index in [0.29, 0.717) is 17.7 Å². The number of alkyl halides is 3. The zero-order valence-electron chi connectivity index (χ0n) is 12.6. The minimum atomic E-state index is -4.37. The van der Waals surface area contributed by atoms with Gasteiger partial charge in [0, 0.05) is 6.08 Å². The first-order valence-corrected chi connectivity index (χ1v) is 7.04. The first kappa shape index (κ1) is 18.0. The molecular formula is C17H19F3O2. The number of hydrogen-bond donors (Lipinski definition) is 0. The lowest BCUT2D eigenvalue weighted by Crippen LogP contribution is -2.04. The molecule has 1 aromatic carbocycles. The quantitative estimate of drug-likeness (QED) is 0.319. The fourth-order valence-corrected chi connectivity index (χ4v) is 1.67. The van der Waals surface area contributed by atoms with Crippen LogP contribution in [0.15, 0.2) is 42.5 Å². The standard InChI is InChI=1S/C17H19F3O2/c1-3-4-11-22-16(21)10-5-7-13(2)14-8-6-9-15(12-14)17(18,19)20/h5-10,12H,3-4,11H2,1-2H3/b10-5+,13-7+. The summed E-state index contributed by atoms with van der Waals surface area (Å²) in [4.78, 5) is 11.3. The molecule has 0 amide bonds. The summed E-state index contributed by atoms with van der Waals surface area (Å²) < 4.78 is 42.9. The van der Waals surface area contributed by atoms with Gasteiger partial charge in [0.15, 0.2) is 0 Å². The van der Waals surface area contributed by atoms with Gasteiger partial charge in [-0.3, -0.25) is 0 Å². The predicted octanol–water partition coefficient (Wildman–Crippen LogP) is 5.01. The van der Waals surface area contributed by atoms with Crippen LogP contribution in [0.5, 0.6) is 0 Å². The molecule has 0 saturated carbocycles. The largest absolute Gasteiger partial charge is 0.463 e. The first-order chi connectivity index (χ1) is 10.3. The Morgan fingerprint density at radius 3 is 2.68 bits per heavy atom. The molecule has 0 aliphatic rings. The molecule has 120 valence electrons. The Hall–Kier alpha value is -2.04. The van der Waals surface area contributed by atoms with Crippen LogP contribution in [0.1, 0.15) is 37.8 Å². The molecule has 0 aliphatic heterocycles.